The van der Waals surface area contributed by atoms with Crippen LogP contribution in [0.2, 0.25) is 0 Å². The Morgan fingerprint density at radius 1 is 1.38 bits per heavy atom. The number of hydrogen-bond acceptors (Lipinski definition) is 4. The molecule has 0 saturated carbocycles. The molecule has 1 heterocycles. The first-order valence-corrected chi connectivity index (χ1v) is 5.16. The van der Waals surface area contributed by atoms with E-state index in [0.29, 0.717) is 0 Å². The van der Waals surface area contributed by atoms with Crippen molar-refractivity contribution in [2.45, 2.75) is 19.4 Å². The predicted molar refractivity (Wildman–Crippen MR) is 61.3 cm³/mol. The van der Waals surface area contributed by atoms with Crippen LogP contribution in [0.4, 0.5) is 0 Å². The zero-order chi connectivity index (χ0) is 11.4. The highest BCUT2D eigenvalue weighted by molar-refractivity contribution is 5.22. The molecule has 5 heteroatoms. The Morgan fingerprint density at radius 3 is 2.69 bits per heavy atom. The Bertz CT molecular complexity index is 420. The number of nitrogens with one attached hydrogen (secondary N) is 2. The number of hydrazine groups is 1. The molecule has 16 heavy (non-hydrogen) atoms. The zero-order valence-corrected chi connectivity index (χ0v) is 9.14. The van der Waals surface area contributed by atoms with Crippen molar-refractivity contribution in [1.29, 1.82) is 0 Å². The van der Waals surface area contributed by atoms with Gasteiger partial charge in [-0.25, -0.2) is 10.4 Å². The normalized spacial score (nSPS) is 12.6. The maximum Gasteiger partial charge on any atom is 0.143 e. The van der Waals surface area contributed by atoms with Crippen molar-refractivity contribution in [3.05, 3.63) is 47.5 Å². The van der Waals surface area contributed by atoms with E-state index in [1.54, 1.807) is 0 Å². The quantitative estimate of drug-likeness (QED) is 0.524. The van der Waals surface area contributed by atoms with Crippen molar-refractivity contribution in [3.8, 4) is 0 Å². The van der Waals surface area contributed by atoms with Crippen LogP contribution < -0.4 is 11.3 Å². The van der Waals surface area contributed by atoms with Gasteiger partial charge in [-0.15, -0.1) is 0 Å². The fourth-order valence-electron chi connectivity index (χ4n) is 1.58. The molecule has 0 spiro atoms. The molecule has 5 nitrogen and oxygen atoms in total. The molecule has 84 valence electrons. The Hall–Kier alpha value is -1.72. The highest BCUT2D eigenvalue weighted by Gasteiger charge is 2.12. The topological polar surface area (TPSA) is 79.6 Å². The van der Waals surface area contributed by atoms with Gasteiger partial charge in [0.15, 0.2) is 0 Å². The summed E-state index contributed by atoms with van der Waals surface area (Å²) >= 11 is 0. The van der Waals surface area contributed by atoms with Crippen LogP contribution in [0.5, 0.6) is 0 Å². The first-order valence-electron chi connectivity index (χ1n) is 5.16. The third kappa shape index (κ3) is 2.44. The van der Waals surface area contributed by atoms with Gasteiger partial charge in [0, 0.05) is 0 Å². The van der Waals surface area contributed by atoms with Crippen molar-refractivity contribution < 1.29 is 0 Å². The summed E-state index contributed by atoms with van der Waals surface area (Å²) in [4.78, 5) is 4.09. The molecule has 0 aliphatic heterocycles. The second-order valence-electron chi connectivity index (χ2n) is 3.78. The lowest BCUT2D eigenvalue weighted by Gasteiger charge is -2.12. The number of benzene rings is 1. The Morgan fingerprint density at radius 2 is 2.12 bits per heavy atom. The SMILES string of the molecule is Cc1ccc(CC(NN)c2ncn[nH]2)cc1. The molecule has 4 N–H and O–H groups in total. The van der Waals surface area contributed by atoms with Crippen molar-refractivity contribution in [3.63, 3.8) is 0 Å². The summed E-state index contributed by atoms with van der Waals surface area (Å²) in [5.74, 6) is 6.26. The molecule has 1 atom stereocenters. The van der Waals surface area contributed by atoms with E-state index in [9.17, 15) is 0 Å². The van der Waals surface area contributed by atoms with Gasteiger partial charge in [-0.2, -0.15) is 5.10 Å². The lowest BCUT2D eigenvalue weighted by atomic mass is 10.0. The number of nitrogens with two attached hydrogens (primary N) is 1. The lowest BCUT2D eigenvalue weighted by Crippen LogP contribution is -2.30. The molecule has 0 radical (unpaired) electrons. The van der Waals surface area contributed by atoms with Gasteiger partial charge in [0.1, 0.15) is 12.2 Å². The van der Waals surface area contributed by atoms with E-state index >= 15 is 0 Å². The molecule has 2 rings (SSSR count). The third-order valence-electron chi connectivity index (χ3n) is 2.53. The number of aromatic nitrogens is 3. The minimum absolute atomic E-state index is 0.0368. The standard InChI is InChI=1S/C11H15N5/c1-8-2-4-9(5-3-8)6-10(15-12)11-13-7-14-16-11/h2-5,7,10,15H,6,12H2,1H3,(H,13,14,16). The average molecular weight is 217 g/mol. The summed E-state index contributed by atoms with van der Waals surface area (Å²) in [7, 11) is 0. The summed E-state index contributed by atoms with van der Waals surface area (Å²) in [6.45, 7) is 2.07. The predicted octanol–water partition coefficient (Wildman–Crippen LogP) is 0.860. The maximum atomic E-state index is 5.50. The van der Waals surface area contributed by atoms with Crippen LogP contribution in [-0.4, -0.2) is 15.2 Å². The average Bonchev–Trinajstić information content (AvgIpc) is 2.82. The van der Waals surface area contributed by atoms with E-state index in [0.717, 1.165) is 12.2 Å². The number of nitrogens with zero attached hydrogens (tertiary/aromatic N) is 2. The van der Waals surface area contributed by atoms with Gasteiger partial charge >= 0.3 is 0 Å². The molecular formula is C11H15N5. The second kappa shape index (κ2) is 4.87. The molecule has 0 bridgehead atoms. The van der Waals surface area contributed by atoms with E-state index in [2.05, 4.69) is 51.8 Å². The number of H-pyrrole nitrogens is 1. The van der Waals surface area contributed by atoms with Gasteiger partial charge in [-0.05, 0) is 18.9 Å². The number of aromatic amines is 1. The fraction of sp³-hybridized carbons (Fsp3) is 0.273. The molecule has 0 aliphatic rings. The van der Waals surface area contributed by atoms with Crippen molar-refractivity contribution >= 4 is 0 Å². The fourth-order valence-corrected chi connectivity index (χ4v) is 1.58. The lowest BCUT2D eigenvalue weighted by molar-refractivity contribution is 0.524. The van der Waals surface area contributed by atoms with E-state index < -0.39 is 0 Å². The van der Waals surface area contributed by atoms with E-state index in [-0.39, 0.29) is 6.04 Å². The van der Waals surface area contributed by atoms with Crippen LogP contribution in [0, 0.1) is 6.92 Å². The van der Waals surface area contributed by atoms with Crippen molar-refractivity contribution in [2.24, 2.45) is 5.84 Å². The number of aryl methyl sites for hydroxylation is 1. The summed E-state index contributed by atoms with van der Waals surface area (Å²) < 4.78 is 0. The number of hydrogen-bond donors (Lipinski definition) is 3. The van der Waals surface area contributed by atoms with Crippen molar-refractivity contribution in [2.75, 3.05) is 0 Å². The van der Waals surface area contributed by atoms with Crippen LogP contribution >= 0.6 is 0 Å². The first kappa shape index (κ1) is 10.8. The smallest absolute Gasteiger partial charge is 0.143 e. The highest BCUT2D eigenvalue weighted by atomic mass is 15.3. The molecule has 1 unspecified atom stereocenters. The van der Waals surface area contributed by atoms with Crippen LogP contribution in [0.15, 0.2) is 30.6 Å². The maximum absolute atomic E-state index is 5.50. The van der Waals surface area contributed by atoms with Crippen LogP contribution in [-0.2, 0) is 6.42 Å². The van der Waals surface area contributed by atoms with Gasteiger partial charge in [-0.3, -0.25) is 10.9 Å². The van der Waals surface area contributed by atoms with E-state index in [4.69, 9.17) is 5.84 Å². The Labute approximate surface area is 94.1 Å². The van der Waals surface area contributed by atoms with E-state index in [1.807, 2.05) is 0 Å². The van der Waals surface area contributed by atoms with E-state index in [1.165, 1.54) is 17.5 Å². The summed E-state index contributed by atoms with van der Waals surface area (Å²) in [5.41, 5.74) is 5.20. The Balaban J connectivity index is 2.10. The van der Waals surface area contributed by atoms with Crippen LogP contribution in [0.3, 0.4) is 0 Å². The van der Waals surface area contributed by atoms with Gasteiger partial charge in [-0.1, -0.05) is 29.8 Å². The summed E-state index contributed by atoms with van der Waals surface area (Å²) in [6.07, 6.45) is 2.26. The van der Waals surface area contributed by atoms with Crippen LogP contribution in [0.1, 0.15) is 23.0 Å². The third-order valence-corrected chi connectivity index (χ3v) is 2.53. The zero-order valence-electron chi connectivity index (χ0n) is 9.14. The molecule has 1 aromatic carbocycles. The molecule has 0 saturated heterocycles. The molecular weight excluding hydrogens is 202 g/mol. The largest absolute Gasteiger partial charge is 0.271 e. The second-order valence-corrected chi connectivity index (χ2v) is 3.78. The summed E-state index contributed by atoms with van der Waals surface area (Å²) in [6, 6.07) is 8.32. The minimum atomic E-state index is -0.0368. The molecule has 0 fully saturated rings. The highest BCUT2D eigenvalue weighted by Crippen LogP contribution is 2.14. The molecule has 1 aromatic heterocycles. The van der Waals surface area contributed by atoms with Gasteiger partial charge in [0.2, 0.25) is 0 Å². The number of rotatable bonds is 4. The molecule has 2 aromatic rings. The molecule has 0 aliphatic carbocycles. The monoisotopic (exact) mass is 217 g/mol. The first-order chi connectivity index (χ1) is 7.79. The molecule has 0 amide bonds. The van der Waals surface area contributed by atoms with Gasteiger partial charge < -0.3 is 0 Å². The Kier molecular flexibility index (Phi) is 3.28. The van der Waals surface area contributed by atoms with Crippen molar-refractivity contribution in [1.82, 2.24) is 20.6 Å². The minimum Gasteiger partial charge on any atom is -0.271 e. The van der Waals surface area contributed by atoms with Gasteiger partial charge in [0.25, 0.3) is 0 Å². The van der Waals surface area contributed by atoms with Gasteiger partial charge in [0.05, 0.1) is 6.04 Å². The summed E-state index contributed by atoms with van der Waals surface area (Å²) in [5, 5.41) is 6.63. The van der Waals surface area contributed by atoms with Crippen LogP contribution in [0.25, 0.3) is 0 Å².